The number of carbonyl (C=O) groups excluding carboxylic acids is 1. The molecule has 0 saturated heterocycles. The van der Waals surface area contributed by atoms with Crippen molar-refractivity contribution in [3.8, 4) is 5.75 Å². The summed E-state index contributed by atoms with van der Waals surface area (Å²) >= 11 is 0. The molecule has 6 nitrogen and oxygen atoms in total. The first-order valence-electron chi connectivity index (χ1n) is 12.6. The molecular weight excluding hydrogens is 428 g/mol. The molecule has 0 aromatic heterocycles. The monoisotopic (exact) mass is 464 g/mol. The molecule has 4 rings (SSSR count). The summed E-state index contributed by atoms with van der Waals surface area (Å²) in [4.78, 5) is 27.6. The number of anilines is 1. The number of carbonyl (C=O) groups is 2. The van der Waals surface area contributed by atoms with Crippen molar-refractivity contribution < 1.29 is 19.4 Å². The van der Waals surface area contributed by atoms with Gasteiger partial charge < -0.3 is 14.7 Å². The number of hydrogen-bond acceptors (Lipinski definition) is 4. The second-order valence-corrected chi connectivity index (χ2v) is 9.63. The van der Waals surface area contributed by atoms with E-state index in [0.29, 0.717) is 25.3 Å². The van der Waals surface area contributed by atoms with Crippen molar-refractivity contribution in [3.05, 3.63) is 59.7 Å². The Bertz CT molecular complexity index is 969. The maximum atomic E-state index is 13.7. The summed E-state index contributed by atoms with van der Waals surface area (Å²) in [5.74, 6) is 0.447. The van der Waals surface area contributed by atoms with E-state index in [1.807, 2.05) is 47.4 Å². The molecule has 182 valence electrons. The lowest BCUT2D eigenvalue weighted by Gasteiger charge is -2.29. The summed E-state index contributed by atoms with van der Waals surface area (Å²) in [6, 6.07) is 14.5. The molecule has 2 aromatic rings. The number of fused-ring (bicyclic) bond motifs is 1. The van der Waals surface area contributed by atoms with E-state index in [2.05, 4.69) is 11.4 Å². The van der Waals surface area contributed by atoms with Crippen LogP contribution in [0.15, 0.2) is 48.5 Å². The Kier molecular flexibility index (Phi) is 8.22. The first kappa shape index (κ1) is 24.3. The van der Waals surface area contributed by atoms with E-state index in [1.54, 1.807) is 7.11 Å². The van der Waals surface area contributed by atoms with E-state index in [0.717, 1.165) is 35.4 Å². The normalized spacial score (nSPS) is 19.9. The van der Waals surface area contributed by atoms with Gasteiger partial charge in [-0.05, 0) is 60.9 Å². The minimum absolute atomic E-state index is 0.0651. The summed E-state index contributed by atoms with van der Waals surface area (Å²) in [7, 11) is 1.63. The second-order valence-electron chi connectivity index (χ2n) is 9.63. The Hall–Kier alpha value is -2.86. The molecule has 2 aliphatic rings. The van der Waals surface area contributed by atoms with E-state index >= 15 is 0 Å². The number of para-hydroxylation sites is 1. The summed E-state index contributed by atoms with van der Waals surface area (Å²) < 4.78 is 5.26. The number of ether oxygens (including phenoxy) is 1. The Labute approximate surface area is 202 Å². The van der Waals surface area contributed by atoms with Crippen LogP contribution in [0.25, 0.3) is 0 Å². The number of carboxylic acid groups (broad SMARTS) is 1. The van der Waals surface area contributed by atoms with Crippen molar-refractivity contribution in [2.75, 3.05) is 12.0 Å². The fourth-order valence-electron chi connectivity index (χ4n) is 5.35. The molecule has 6 heteroatoms. The second kappa shape index (κ2) is 11.5. The zero-order valence-electron chi connectivity index (χ0n) is 20.0. The van der Waals surface area contributed by atoms with Crippen LogP contribution in [0.5, 0.6) is 5.75 Å². The van der Waals surface area contributed by atoms with Crippen LogP contribution >= 0.6 is 0 Å². The van der Waals surface area contributed by atoms with E-state index in [-0.39, 0.29) is 5.91 Å². The minimum atomic E-state index is -0.868. The number of aryl methyl sites for hydroxylation is 1. The highest BCUT2D eigenvalue weighted by atomic mass is 16.5. The molecule has 34 heavy (non-hydrogen) atoms. The number of carboxylic acids is 1. The van der Waals surface area contributed by atoms with Crippen molar-refractivity contribution in [1.29, 1.82) is 0 Å². The molecule has 1 aliphatic heterocycles. The number of benzene rings is 2. The van der Waals surface area contributed by atoms with Crippen LogP contribution in [-0.2, 0) is 22.6 Å². The van der Waals surface area contributed by atoms with Crippen molar-refractivity contribution in [3.63, 3.8) is 0 Å². The maximum Gasteiger partial charge on any atom is 0.320 e. The van der Waals surface area contributed by atoms with E-state index in [4.69, 9.17) is 4.74 Å². The van der Waals surface area contributed by atoms with Crippen molar-refractivity contribution in [2.24, 2.45) is 5.92 Å². The summed E-state index contributed by atoms with van der Waals surface area (Å²) in [5.41, 5.74) is 3.01. The molecule has 1 saturated carbocycles. The third-order valence-electron chi connectivity index (χ3n) is 7.34. The largest absolute Gasteiger partial charge is 0.497 e. The van der Waals surface area contributed by atoms with Gasteiger partial charge in [-0.2, -0.15) is 0 Å². The van der Waals surface area contributed by atoms with Gasteiger partial charge in [-0.15, -0.1) is 0 Å². The van der Waals surface area contributed by atoms with E-state index < -0.39 is 18.1 Å². The molecule has 2 N–H and O–H groups in total. The molecular formula is C28H36N2O4. The highest BCUT2D eigenvalue weighted by Crippen LogP contribution is 2.30. The Balaban J connectivity index is 1.50. The SMILES string of the molecule is COc1ccc(CN2C(=O)[C@@H](N[C@@H](CCC3CCCCC3)C(=O)O)CCc3ccccc32)cc1. The molecule has 1 heterocycles. The Morgan fingerprint density at radius 1 is 1.09 bits per heavy atom. The number of methoxy groups -OCH3 is 1. The number of hydrogen-bond donors (Lipinski definition) is 2. The van der Waals surface area contributed by atoms with Crippen LogP contribution in [0, 0.1) is 5.92 Å². The van der Waals surface area contributed by atoms with Crippen molar-refractivity contribution in [2.45, 2.75) is 76.4 Å². The smallest absolute Gasteiger partial charge is 0.320 e. The molecule has 0 unspecified atom stereocenters. The van der Waals surface area contributed by atoms with Crippen LogP contribution in [0.3, 0.4) is 0 Å². The fraction of sp³-hybridized carbons (Fsp3) is 0.500. The summed E-state index contributed by atoms with van der Waals surface area (Å²) in [6.07, 6.45) is 8.95. The number of nitrogens with zero attached hydrogens (tertiary/aromatic N) is 1. The highest BCUT2D eigenvalue weighted by Gasteiger charge is 2.33. The van der Waals surface area contributed by atoms with Gasteiger partial charge in [0.15, 0.2) is 0 Å². The lowest BCUT2D eigenvalue weighted by Crippen LogP contribution is -2.51. The van der Waals surface area contributed by atoms with Crippen molar-refractivity contribution >= 4 is 17.6 Å². The zero-order chi connectivity index (χ0) is 23.9. The van der Waals surface area contributed by atoms with Gasteiger partial charge in [0, 0.05) is 5.69 Å². The summed E-state index contributed by atoms with van der Waals surface area (Å²) in [6.45, 7) is 0.428. The molecule has 2 aromatic carbocycles. The van der Waals surface area contributed by atoms with Gasteiger partial charge in [0.05, 0.1) is 19.7 Å². The van der Waals surface area contributed by atoms with Crippen LogP contribution in [-0.4, -0.2) is 36.2 Å². The Morgan fingerprint density at radius 2 is 1.82 bits per heavy atom. The fourth-order valence-corrected chi connectivity index (χ4v) is 5.35. The van der Waals surface area contributed by atoms with Gasteiger partial charge in [0.1, 0.15) is 11.8 Å². The summed E-state index contributed by atoms with van der Waals surface area (Å²) in [5, 5.41) is 13.2. The minimum Gasteiger partial charge on any atom is -0.497 e. The van der Waals surface area contributed by atoms with Crippen LogP contribution in [0.2, 0.25) is 0 Å². The molecule has 0 bridgehead atoms. The average Bonchev–Trinajstić information content (AvgIpc) is 2.99. The standard InChI is InChI=1S/C28H36N2O4/c1-34-23-15-11-21(12-16-23)19-30-26-10-6-5-9-22(26)14-18-24(27(30)31)29-25(28(32)33)17-13-20-7-3-2-4-8-20/h5-6,9-12,15-16,20,24-25,29H,2-4,7-8,13-14,17-19H2,1H3,(H,32,33)/t24-,25-/m0/s1. The van der Waals surface area contributed by atoms with Crippen LogP contribution < -0.4 is 15.0 Å². The topological polar surface area (TPSA) is 78.9 Å². The van der Waals surface area contributed by atoms with Gasteiger partial charge in [-0.25, -0.2) is 0 Å². The molecule has 0 radical (unpaired) electrons. The highest BCUT2D eigenvalue weighted by molar-refractivity contribution is 5.98. The number of amides is 1. The predicted molar refractivity (Wildman–Crippen MR) is 133 cm³/mol. The van der Waals surface area contributed by atoms with Gasteiger partial charge in [-0.3, -0.25) is 14.9 Å². The predicted octanol–water partition coefficient (Wildman–Crippen LogP) is 4.95. The number of nitrogens with one attached hydrogen (secondary N) is 1. The van der Waals surface area contributed by atoms with Gasteiger partial charge in [0.25, 0.3) is 0 Å². The van der Waals surface area contributed by atoms with Crippen LogP contribution in [0.4, 0.5) is 5.69 Å². The molecule has 1 aliphatic carbocycles. The number of rotatable bonds is 9. The average molecular weight is 465 g/mol. The third-order valence-corrected chi connectivity index (χ3v) is 7.34. The number of aliphatic carboxylic acids is 1. The molecule has 1 amide bonds. The molecule has 0 spiro atoms. The lowest BCUT2D eigenvalue weighted by molar-refractivity contribution is -0.140. The molecule has 2 atom stereocenters. The quantitative estimate of drug-likeness (QED) is 0.549. The van der Waals surface area contributed by atoms with E-state index in [9.17, 15) is 14.7 Å². The zero-order valence-corrected chi connectivity index (χ0v) is 20.0. The Morgan fingerprint density at radius 3 is 2.53 bits per heavy atom. The maximum absolute atomic E-state index is 13.7. The third kappa shape index (κ3) is 5.98. The van der Waals surface area contributed by atoms with Gasteiger partial charge >= 0.3 is 5.97 Å². The van der Waals surface area contributed by atoms with E-state index in [1.165, 1.54) is 32.1 Å². The first-order chi connectivity index (χ1) is 16.5. The van der Waals surface area contributed by atoms with Gasteiger partial charge in [-0.1, -0.05) is 62.4 Å². The first-order valence-corrected chi connectivity index (χ1v) is 12.6. The molecule has 1 fully saturated rings. The van der Waals surface area contributed by atoms with Crippen molar-refractivity contribution in [1.82, 2.24) is 5.32 Å². The van der Waals surface area contributed by atoms with Gasteiger partial charge in [0.2, 0.25) is 5.91 Å². The van der Waals surface area contributed by atoms with Crippen LogP contribution in [0.1, 0.15) is 62.5 Å². The lowest BCUT2D eigenvalue weighted by atomic mass is 9.85.